The maximum absolute atomic E-state index is 13.6. The third kappa shape index (κ3) is 9.68. The van der Waals surface area contributed by atoms with E-state index in [1.54, 1.807) is 12.1 Å². The highest BCUT2D eigenvalue weighted by molar-refractivity contribution is 5.88. The predicted molar refractivity (Wildman–Crippen MR) is 195 cm³/mol. The Morgan fingerprint density at radius 1 is 0.898 bits per heavy atom. The normalized spacial score (nSPS) is 15.6. The maximum atomic E-state index is 13.6. The third-order valence-corrected chi connectivity index (χ3v) is 9.08. The van der Waals surface area contributed by atoms with Crippen LogP contribution in [0.25, 0.3) is 11.1 Å². The first kappa shape index (κ1) is 38.0. The van der Waals surface area contributed by atoms with Gasteiger partial charge in [0.05, 0.1) is 17.9 Å². The lowest BCUT2D eigenvalue weighted by Crippen LogP contribution is -2.39. The van der Waals surface area contributed by atoms with E-state index in [9.17, 15) is 14.0 Å². The van der Waals surface area contributed by atoms with Gasteiger partial charge in [-0.15, -0.1) is 0 Å². The molecule has 1 aromatic heterocycles. The van der Waals surface area contributed by atoms with Crippen molar-refractivity contribution in [2.24, 2.45) is 10.8 Å². The van der Waals surface area contributed by atoms with Crippen molar-refractivity contribution >= 4 is 17.6 Å². The van der Waals surface area contributed by atoms with Crippen molar-refractivity contribution < 1.29 is 23.5 Å². The molecule has 2 heterocycles. The first-order valence-electron chi connectivity index (χ1n) is 17.5. The number of pyridine rings is 1. The highest BCUT2D eigenvalue weighted by Crippen LogP contribution is 2.45. The van der Waals surface area contributed by atoms with Crippen LogP contribution in [0.15, 0.2) is 48.5 Å². The number of aryl methyl sites for hydroxylation is 2. The van der Waals surface area contributed by atoms with Crippen LogP contribution in [0.2, 0.25) is 0 Å². The average Bonchev–Trinajstić information content (AvgIpc) is 3.00. The lowest BCUT2D eigenvalue weighted by molar-refractivity contribution is -0.166. The molecule has 0 N–H and O–H groups in total. The van der Waals surface area contributed by atoms with Crippen molar-refractivity contribution in [3.8, 4) is 11.1 Å². The summed E-state index contributed by atoms with van der Waals surface area (Å²) in [5.41, 5.74) is 6.15. The van der Waals surface area contributed by atoms with Crippen LogP contribution in [-0.4, -0.2) is 47.1 Å². The molecule has 4 rings (SSSR count). The van der Waals surface area contributed by atoms with E-state index < -0.39 is 23.1 Å². The monoisotopic (exact) mass is 673 g/mol. The number of carbonyl (C=O) groups is 2. The molecule has 0 radical (unpaired) electrons. The minimum absolute atomic E-state index is 0.0169. The van der Waals surface area contributed by atoms with Crippen molar-refractivity contribution in [2.45, 2.75) is 114 Å². The topological polar surface area (TPSA) is 72.0 Å². The van der Waals surface area contributed by atoms with Gasteiger partial charge < -0.3 is 19.3 Å². The number of esters is 1. The minimum Gasteiger partial charge on any atom is -0.464 e. The van der Waals surface area contributed by atoms with Crippen LogP contribution in [0.3, 0.4) is 0 Å². The molecule has 0 unspecified atom stereocenters. The number of nitrogens with zero attached hydrogens (tertiary/aromatic N) is 3. The maximum Gasteiger partial charge on any atom is 0.340 e. The second-order valence-corrected chi connectivity index (χ2v) is 16.2. The van der Waals surface area contributed by atoms with Gasteiger partial charge in [-0.25, -0.2) is 9.18 Å². The van der Waals surface area contributed by atoms with Crippen molar-refractivity contribution in [3.05, 3.63) is 82.4 Å². The molecule has 1 fully saturated rings. The van der Waals surface area contributed by atoms with Crippen molar-refractivity contribution in [1.82, 2.24) is 9.88 Å². The summed E-state index contributed by atoms with van der Waals surface area (Å²) >= 11 is 0. The Morgan fingerprint density at radius 3 is 1.92 bits per heavy atom. The number of aromatic nitrogens is 1. The molecule has 7 nitrogen and oxygen atoms in total. The van der Waals surface area contributed by atoms with Gasteiger partial charge in [-0.1, -0.05) is 71.0 Å². The molecule has 1 amide bonds. The Hall–Kier alpha value is -3.78. The number of anilines is 1. The molecule has 0 spiro atoms. The zero-order valence-electron chi connectivity index (χ0n) is 31.5. The minimum atomic E-state index is -0.945. The van der Waals surface area contributed by atoms with Gasteiger partial charge in [-0.3, -0.25) is 9.78 Å². The van der Waals surface area contributed by atoms with E-state index in [0.29, 0.717) is 13.1 Å². The smallest absolute Gasteiger partial charge is 0.340 e. The summed E-state index contributed by atoms with van der Waals surface area (Å²) in [4.78, 5) is 36.4. The van der Waals surface area contributed by atoms with Gasteiger partial charge in [0.15, 0.2) is 6.10 Å². The van der Waals surface area contributed by atoms with Crippen LogP contribution in [0.4, 0.5) is 10.1 Å². The van der Waals surface area contributed by atoms with Crippen LogP contribution in [0.5, 0.6) is 0 Å². The summed E-state index contributed by atoms with van der Waals surface area (Å²) < 4.78 is 25.7. The second-order valence-electron chi connectivity index (χ2n) is 16.2. The van der Waals surface area contributed by atoms with Crippen LogP contribution < -0.4 is 4.90 Å². The van der Waals surface area contributed by atoms with E-state index in [1.807, 2.05) is 67.2 Å². The van der Waals surface area contributed by atoms with Gasteiger partial charge in [0.2, 0.25) is 5.91 Å². The fraction of sp³-hybridized carbons (Fsp3) is 0.537. The van der Waals surface area contributed by atoms with Gasteiger partial charge in [0.25, 0.3) is 0 Å². The Kier molecular flexibility index (Phi) is 11.6. The van der Waals surface area contributed by atoms with Crippen molar-refractivity contribution in [2.75, 3.05) is 24.6 Å². The number of halogens is 1. The third-order valence-electron chi connectivity index (χ3n) is 9.08. The van der Waals surface area contributed by atoms with Gasteiger partial charge in [-0.05, 0) is 88.6 Å². The van der Waals surface area contributed by atoms with Gasteiger partial charge >= 0.3 is 5.97 Å². The molecular weight excluding hydrogens is 617 g/mol. The molecule has 3 aromatic rings. The Balaban J connectivity index is 1.81. The Bertz CT molecular complexity index is 1610. The number of carbonyl (C=O) groups excluding carboxylic acids is 2. The van der Waals surface area contributed by atoms with Crippen molar-refractivity contribution in [1.29, 1.82) is 0 Å². The number of rotatable bonds is 10. The standard InChI is InChI=1S/C41H56FN3O4/c1-12-48-37(46)36(49-40(7,8)9)34-28(3)43-27(2)33(35(34)44-23-21-41(10,11)22-24-44)31-17-13-29(14-18-31)25-45(38(47)39(4,5)6)26-30-15-19-32(42)20-16-30/h13-20,36H,12,21-26H2,1-11H3/t36-/m0/s1. The quantitative estimate of drug-likeness (QED) is 0.200. The molecule has 2 aromatic carbocycles. The molecule has 0 bridgehead atoms. The van der Waals surface area contributed by atoms with E-state index in [-0.39, 0.29) is 23.7 Å². The molecule has 0 saturated carbocycles. The summed E-state index contributed by atoms with van der Waals surface area (Å²) in [5.74, 6) is -0.706. The molecule has 8 heteroatoms. The molecule has 0 aliphatic carbocycles. The second kappa shape index (κ2) is 15.0. The van der Waals surface area contributed by atoms with E-state index in [2.05, 4.69) is 43.0 Å². The van der Waals surface area contributed by atoms with Gasteiger partial charge in [-0.2, -0.15) is 0 Å². The lowest BCUT2D eigenvalue weighted by Gasteiger charge is -2.41. The molecule has 1 atom stereocenters. The molecule has 1 saturated heterocycles. The number of hydrogen-bond donors (Lipinski definition) is 0. The van der Waals surface area contributed by atoms with Crippen LogP contribution in [-0.2, 0) is 32.2 Å². The number of amides is 1. The van der Waals surface area contributed by atoms with E-state index in [0.717, 1.165) is 70.8 Å². The zero-order chi connectivity index (χ0) is 36.3. The summed E-state index contributed by atoms with van der Waals surface area (Å²) in [6.07, 6.45) is 1.09. The lowest BCUT2D eigenvalue weighted by atomic mass is 9.81. The fourth-order valence-corrected chi connectivity index (χ4v) is 6.45. The number of benzene rings is 2. The molecule has 266 valence electrons. The van der Waals surface area contributed by atoms with Crippen LogP contribution >= 0.6 is 0 Å². The van der Waals surface area contributed by atoms with Crippen molar-refractivity contribution in [3.63, 3.8) is 0 Å². The molecule has 1 aliphatic rings. The van der Waals surface area contributed by atoms with Gasteiger partial charge in [0.1, 0.15) is 5.82 Å². The average molecular weight is 674 g/mol. The zero-order valence-corrected chi connectivity index (χ0v) is 31.5. The van der Waals surface area contributed by atoms with E-state index in [1.165, 1.54) is 12.1 Å². The molecule has 1 aliphatic heterocycles. The predicted octanol–water partition coefficient (Wildman–Crippen LogP) is 9.13. The van der Waals surface area contributed by atoms with Crippen LogP contribution in [0.1, 0.15) is 109 Å². The van der Waals surface area contributed by atoms with Gasteiger partial charge in [0, 0.05) is 54.1 Å². The first-order chi connectivity index (χ1) is 22.8. The SMILES string of the molecule is CCOC(=O)[C@@H](OC(C)(C)C)c1c(C)nc(C)c(-c2ccc(CN(Cc3ccc(F)cc3)C(=O)C(C)(C)C)cc2)c1N1CCC(C)(C)CC1. The van der Waals surface area contributed by atoms with Crippen LogP contribution in [0, 0.1) is 30.5 Å². The number of piperidine rings is 1. The summed E-state index contributed by atoms with van der Waals surface area (Å²) in [5, 5.41) is 0. The largest absolute Gasteiger partial charge is 0.464 e. The summed E-state index contributed by atoms with van der Waals surface area (Å²) in [7, 11) is 0. The van der Waals surface area contributed by atoms with E-state index in [4.69, 9.17) is 14.5 Å². The fourth-order valence-electron chi connectivity index (χ4n) is 6.45. The number of ether oxygens (including phenoxy) is 2. The first-order valence-corrected chi connectivity index (χ1v) is 17.5. The number of hydrogen-bond acceptors (Lipinski definition) is 6. The Labute approximate surface area is 293 Å². The highest BCUT2D eigenvalue weighted by Gasteiger charge is 2.37. The summed E-state index contributed by atoms with van der Waals surface area (Å²) in [6.45, 7) is 24.7. The summed E-state index contributed by atoms with van der Waals surface area (Å²) in [6, 6.07) is 14.6. The highest BCUT2D eigenvalue weighted by atomic mass is 19.1. The van der Waals surface area contributed by atoms with E-state index >= 15 is 0 Å². The molecule has 49 heavy (non-hydrogen) atoms. The Morgan fingerprint density at radius 2 is 1.43 bits per heavy atom. The molecular formula is C41H56FN3O4.